The molecule has 0 radical (unpaired) electrons. The Morgan fingerprint density at radius 1 is 1.37 bits per heavy atom. The highest BCUT2D eigenvalue weighted by Crippen LogP contribution is 2.39. The van der Waals surface area contributed by atoms with E-state index in [1.807, 2.05) is 13.0 Å². The van der Waals surface area contributed by atoms with Crippen LogP contribution in [0.15, 0.2) is 16.5 Å². The summed E-state index contributed by atoms with van der Waals surface area (Å²) < 4.78 is 5.70. The Labute approximate surface area is 117 Å². The van der Waals surface area contributed by atoms with Gasteiger partial charge in [-0.05, 0) is 57.2 Å². The van der Waals surface area contributed by atoms with Crippen LogP contribution in [0.4, 0.5) is 0 Å². The van der Waals surface area contributed by atoms with Crippen molar-refractivity contribution >= 4 is 0 Å². The molecule has 1 heterocycles. The van der Waals surface area contributed by atoms with E-state index in [1.165, 1.54) is 19.3 Å². The molecule has 0 saturated heterocycles. The van der Waals surface area contributed by atoms with Gasteiger partial charge < -0.3 is 10.2 Å². The van der Waals surface area contributed by atoms with Crippen molar-refractivity contribution in [2.45, 2.75) is 52.1 Å². The Morgan fingerprint density at radius 2 is 2.11 bits per heavy atom. The quantitative estimate of drug-likeness (QED) is 0.908. The maximum absolute atomic E-state index is 6.13. The molecule has 19 heavy (non-hydrogen) atoms. The molecule has 0 aliphatic heterocycles. The van der Waals surface area contributed by atoms with Gasteiger partial charge in [-0.2, -0.15) is 0 Å². The van der Waals surface area contributed by atoms with Crippen molar-refractivity contribution in [3.05, 3.63) is 23.7 Å². The molecule has 1 saturated carbocycles. The highest BCUT2D eigenvalue weighted by Gasteiger charge is 2.39. The monoisotopic (exact) mass is 264 g/mol. The molecule has 2 rings (SSSR count). The summed E-state index contributed by atoms with van der Waals surface area (Å²) in [5.74, 6) is 3.59. The first kappa shape index (κ1) is 14.6. The van der Waals surface area contributed by atoms with Gasteiger partial charge in [-0.3, -0.25) is 4.90 Å². The van der Waals surface area contributed by atoms with Crippen molar-refractivity contribution in [3.8, 4) is 0 Å². The first-order valence-electron chi connectivity index (χ1n) is 7.43. The third-order valence-corrected chi connectivity index (χ3v) is 5.12. The Hall–Kier alpha value is -0.800. The Morgan fingerprint density at radius 3 is 2.63 bits per heavy atom. The number of likely N-dealkylation sites (N-methyl/N-ethyl adjacent to an activating group) is 1. The van der Waals surface area contributed by atoms with Gasteiger partial charge in [0.15, 0.2) is 0 Å². The number of nitrogens with two attached hydrogens (primary N) is 1. The average molecular weight is 264 g/mol. The number of nitrogens with zero attached hydrogens (tertiary/aromatic N) is 1. The highest BCUT2D eigenvalue weighted by molar-refractivity contribution is 5.07. The van der Waals surface area contributed by atoms with Gasteiger partial charge in [0.2, 0.25) is 0 Å². The fourth-order valence-electron chi connectivity index (χ4n) is 3.34. The zero-order valence-electron chi connectivity index (χ0n) is 12.8. The van der Waals surface area contributed by atoms with Crippen molar-refractivity contribution in [1.82, 2.24) is 4.90 Å². The summed E-state index contributed by atoms with van der Waals surface area (Å²) in [6.45, 7) is 8.30. The maximum Gasteiger partial charge on any atom is 0.118 e. The van der Waals surface area contributed by atoms with E-state index in [4.69, 9.17) is 10.2 Å². The molecule has 3 unspecified atom stereocenters. The van der Waals surface area contributed by atoms with E-state index in [9.17, 15) is 0 Å². The lowest BCUT2D eigenvalue weighted by Gasteiger charge is -2.47. The van der Waals surface area contributed by atoms with Crippen molar-refractivity contribution in [1.29, 1.82) is 0 Å². The summed E-state index contributed by atoms with van der Waals surface area (Å²) in [5.41, 5.74) is 6.28. The minimum atomic E-state index is 0.145. The number of furan rings is 1. The number of hydrogen-bond acceptors (Lipinski definition) is 3. The highest BCUT2D eigenvalue weighted by atomic mass is 16.3. The smallest absolute Gasteiger partial charge is 0.118 e. The molecule has 0 aromatic carbocycles. The molecule has 3 heteroatoms. The SMILES string of the molecule is Cc1ccc(CN(C)C2(CN)CCC(C)C(C)C2)o1. The van der Waals surface area contributed by atoms with Gasteiger partial charge in [-0.25, -0.2) is 0 Å². The summed E-state index contributed by atoms with van der Waals surface area (Å²) in [7, 11) is 2.19. The molecule has 1 aliphatic carbocycles. The number of rotatable bonds is 4. The molecule has 1 aromatic rings. The van der Waals surface area contributed by atoms with Crippen molar-refractivity contribution in [2.75, 3.05) is 13.6 Å². The molecular formula is C16H28N2O. The molecule has 0 bridgehead atoms. The van der Waals surface area contributed by atoms with Gasteiger partial charge in [-0.15, -0.1) is 0 Å². The van der Waals surface area contributed by atoms with Crippen molar-refractivity contribution in [3.63, 3.8) is 0 Å². The van der Waals surface area contributed by atoms with Crippen molar-refractivity contribution < 1.29 is 4.42 Å². The second-order valence-electron chi connectivity index (χ2n) is 6.49. The minimum absolute atomic E-state index is 0.145. The first-order chi connectivity index (χ1) is 8.97. The van der Waals surface area contributed by atoms with E-state index in [1.54, 1.807) is 0 Å². The van der Waals surface area contributed by atoms with Crippen LogP contribution in [0.25, 0.3) is 0 Å². The van der Waals surface area contributed by atoms with Crippen LogP contribution >= 0.6 is 0 Å². The second-order valence-corrected chi connectivity index (χ2v) is 6.49. The second kappa shape index (κ2) is 5.68. The van der Waals surface area contributed by atoms with Crippen LogP contribution < -0.4 is 5.73 Å². The zero-order valence-corrected chi connectivity index (χ0v) is 12.8. The molecule has 1 aromatic heterocycles. The average Bonchev–Trinajstić information content (AvgIpc) is 2.78. The Balaban J connectivity index is 2.08. The molecule has 1 aliphatic rings. The lowest BCUT2D eigenvalue weighted by molar-refractivity contribution is 0.0307. The van der Waals surface area contributed by atoms with E-state index >= 15 is 0 Å². The molecule has 3 nitrogen and oxygen atoms in total. The summed E-state index contributed by atoms with van der Waals surface area (Å²) in [4.78, 5) is 2.41. The molecule has 0 amide bonds. The lowest BCUT2D eigenvalue weighted by atomic mass is 9.70. The van der Waals surface area contributed by atoms with Gasteiger partial charge in [-0.1, -0.05) is 13.8 Å². The van der Waals surface area contributed by atoms with Crippen LogP contribution in [-0.2, 0) is 6.54 Å². The minimum Gasteiger partial charge on any atom is -0.465 e. The number of hydrogen-bond donors (Lipinski definition) is 1. The van der Waals surface area contributed by atoms with Crippen LogP contribution in [0.5, 0.6) is 0 Å². The van der Waals surface area contributed by atoms with Crippen LogP contribution in [0.3, 0.4) is 0 Å². The Kier molecular flexibility index (Phi) is 4.36. The van der Waals surface area contributed by atoms with Gasteiger partial charge >= 0.3 is 0 Å². The summed E-state index contributed by atoms with van der Waals surface area (Å²) >= 11 is 0. The normalized spacial score (nSPS) is 31.9. The molecule has 2 N–H and O–H groups in total. The van der Waals surface area contributed by atoms with Crippen LogP contribution in [-0.4, -0.2) is 24.0 Å². The van der Waals surface area contributed by atoms with Gasteiger partial charge in [0.05, 0.1) is 6.54 Å². The molecule has 0 spiro atoms. The fourth-order valence-corrected chi connectivity index (χ4v) is 3.34. The van der Waals surface area contributed by atoms with Crippen molar-refractivity contribution in [2.24, 2.45) is 17.6 Å². The molecule has 108 valence electrons. The molecule has 3 atom stereocenters. The predicted octanol–water partition coefficient (Wildman–Crippen LogP) is 3.17. The topological polar surface area (TPSA) is 42.4 Å². The van der Waals surface area contributed by atoms with Crippen LogP contribution in [0, 0.1) is 18.8 Å². The van der Waals surface area contributed by atoms with E-state index in [0.29, 0.717) is 0 Å². The first-order valence-corrected chi connectivity index (χ1v) is 7.43. The van der Waals surface area contributed by atoms with E-state index in [2.05, 4.69) is 31.9 Å². The third-order valence-electron chi connectivity index (χ3n) is 5.12. The maximum atomic E-state index is 6.13. The molecule has 1 fully saturated rings. The van der Waals surface area contributed by atoms with Crippen LogP contribution in [0.1, 0.15) is 44.6 Å². The molecular weight excluding hydrogens is 236 g/mol. The summed E-state index contributed by atoms with van der Waals surface area (Å²) in [6, 6.07) is 4.11. The van der Waals surface area contributed by atoms with Crippen LogP contribution in [0.2, 0.25) is 0 Å². The zero-order chi connectivity index (χ0) is 14.0. The summed E-state index contributed by atoms with van der Waals surface area (Å²) in [5, 5.41) is 0. The fraction of sp³-hybridized carbons (Fsp3) is 0.750. The lowest BCUT2D eigenvalue weighted by Crippen LogP contribution is -2.55. The van der Waals surface area contributed by atoms with E-state index in [0.717, 1.165) is 36.4 Å². The standard InChI is InChI=1S/C16H28N2O/c1-12-7-8-16(11-17,9-13(12)2)18(4)10-15-6-5-14(3)19-15/h5-6,12-13H,7-11,17H2,1-4H3. The number of aryl methyl sites for hydroxylation is 1. The van der Waals surface area contributed by atoms with Gasteiger partial charge in [0, 0.05) is 12.1 Å². The van der Waals surface area contributed by atoms with E-state index in [-0.39, 0.29) is 5.54 Å². The third kappa shape index (κ3) is 3.03. The Bertz CT molecular complexity index is 415. The van der Waals surface area contributed by atoms with Gasteiger partial charge in [0.1, 0.15) is 11.5 Å². The van der Waals surface area contributed by atoms with E-state index < -0.39 is 0 Å². The largest absolute Gasteiger partial charge is 0.465 e. The predicted molar refractivity (Wildman–Crippen MR) is 78.9 cm³/mol. The van der Waals surface area contributed by atoms with Gasteiger partial charge in [0.25, 0.3) is 0 Å². The summed E-state index contributed by atoms with van der Waals surface area (Å²) in [6.07, 6.45) is 3.67.